The monoisotopic (exact) mass is 236 g/mol. The summed E-state index contributed by atoms with van der Waals surface area (Å²) >= 11 is 0. The molecule has 3 N–H and O–H groups in total. The van der Waals surface area contributed by atoms with Crippen molar-refractivity contribution in [2.75, 3.05) is 19.0 Å². The van der Waals surface area contributed by atoms with E-state index in [1.165, 1.54) is 7.11 Å². The van der Waals surface area contributed by atoms with Crippen molar-refractivity contribution >= 4 is 11.6 Å². The van der Waals surface area contributed by atoms with Crippen LogP contribution in [-0.4, -0.2) is 25.7 Å². The molecule has 0 radical (unpaired) electrons. The van der Waals surface area contributed by atoms with Gasteiger partial charge in [-0.1, -0.05) is 32.0 Å². The highest BCUT2D eigenvalue weighted by Gasteiger charge is 2.17. The number of ether oxygens (including phenoxy) is 1. The first-order valence-electron chi connectivity index (χ1n) is 5.72. The lowest BCUT2D eigenvalue weighted by atomic mass is 10.0. The Bertz CT molecular complexity index is 373. The summed E-state index contributed by atoms with van der Waals surface area (Å²) in [4.78, 5) is 11.8. The number of carbonyl (C=O) groups excluding carboxylic acids is 1. The first kappa shape index (κ1) is 13.7. The van der Waals surface area contributed by atoms with Crippen LogP contribution in [0.15, 0.2) is 24.3 Å². The number of nitrogens with two attached hydrogens (primary N) is 1. The lowest BCUT2D eigenvalue weighted by Crippen LogP contribution is -2.36. The SMILES string of the molecule is COC(CN)C(=O)Nc1ccccc1C(C)C. The number of rotatable bonds is 5. The molecule has 4 heteroatoms. The van der Waals surface area contributed by atoms with Gasteiger partial charge in [-0.15, -0.1) is 0 Å². The average Bonchev–Trinajstić information content (AvgIpc) is 2.31. The molecular weight excluding hydrogens is 216 g/mol. The standard InChI is InChI=1S/C13H20N2O2/c1-9(2)10-6-4-5-7-11(10)15-13(16)12(8-14)17-3/h4-7,9,12H,8,14H2,1-3H3,(H,15,16). The molecule has 0 aliphatic carbocycles. The van der Waals surface area contributed by atoms with E-state index in [1.54, 1.807) is 0 Å². The maximum atomic E-state index is 11.8. The largest absolute Gasteiger partial charge is 0.370 e. The molecule has 0 saturated carbocycles. The Hall–Kier alpha value is -1.39. The van der Waals surface area contributed by atoms with Crippen LogP contribution in [0.1, 0.15) is 25.3 Å². The molecule has 1 aromatic rings. The maximum absolute atomic E-state index is 11.8. The summed E-state index contributed by atoms with van der Waals surface area (Å²) in [6.45, 7) is 4.34. The van der Waals surface area contributed by atoms with Crippen molar-refractivity contribution < 1.29 is 9.53 Å². The quantitative estimate of drug-likeness (QED) is 0.818. The summed E-state index contributed by atoms with van der Waals surface area (Å²) in [6, 6.07) is 7.74. The van der Waals surface area contributed by atoms with Crippen LogP contribution in [0.25, 0.3) is 0 Å². The molecule has 1 amide bonds. The molecular formula is C13H20N2O2. The van der Waals surface area contributed by atoms with E-state index in [2.05, 4.69) is 19.2 Å². The fourth-order valence-corrected chi connectivity index (χ4v) is 1.64. The van der Waals surface area contributed by atoms with Gasteiger partial charge in [-0.05, 0) is 17.5 Å². The summed E-state index contributed by atoms with van der Waals surface area (Å²) < 4.78 is 5.00. The zero-order chi connectivity index (χ0) is 12.8. The van der Waals surface area contributed by atoms with Crippen molar-refractivity contribution in [1.82, 2.24) is 0 Å². The van der Waals surface area contributed by atoms with Gasteiger partial charge in [0.25, 0.3) is 5.91 Å². The second kappa shape index (κ2) is 6.37. The highest BCUT2D eigenvalue weighted by atomic mass is 16.5. The molecule has 0 aliphatic rings. The number of nitrogens with one attached hydrogen (secondary N) is 1. The van der Waals surface area contributed by atoms with Crippen LogP contribution in [0.5, 0.6) is 0 Å². The number of carbonyl (C=O) groups is 1. The van der Waals surface area contributed by atoms with Crippen LogP contribution in [0.4, 0.5) is 5.69 Å². The zero-order valence-corrected chi connectivity index (χ0v) is 10.6. The molecule has 0 fully saturated rings. The first-order valence-corrected chi connectivity index (χ1v) is 5.72. The van der Waals surface area contributed by atoms with Gasteiger partial charge >= 0.3 is 0 Å². The Morgan fingerprint density at radius 2 is 2.06 bits per heavy atom. The van der Waals surface area contributed by atoms with Crippen molar-refractivity contribution in [2.45, 2.75) is 25.9 Å². The summed E-state index contributed by atoms with van der Waals surface area (Å²) in [7, 11) is 1.48. The molecule has 4 nitrogen and oxygen atoms in total. The summed E-state index contributed by atoms with van der Waals surface area (Å²) in [5.41, 5.74) is 7.38. The van der Waals surface area contributed by atoms with Crippen molar-refractivity contribution in [3.8, 4) is 0 Å². The van der Waals surface area contributed by atoms with Crippen LogP contribution in [0.3, 0.4) is 0 Å². The fraction of sp³-hybridized carbons (Fsp3) is 0.462. The summed E-state index contributed by atoms with van der Waals surface area (Å²) in [5.74, 6) is 0.147. The Balaban J connectivity index is 2.84. The minimum absolute atomic E-state index is 0.173. The van der Waals surface area contributed by atoms with Crippen molar-refractivity contribution in [2.24, 2.45) is 5.73 Å². The third-order valence-electron chi connectivity index (χ3n) is 2.63. The lowest BCUT2D eigenvalue weighted by Gasteiger charge is -2.17. The van der Waals surface area contributed by atoms with Gasteiger partial charge in [0.1, 0.15) is 6.10 Å². The van der Waals surface area contributed by atoms with Gasteiger partial charge in [-0.3, -0.25) is 4.79 Å². The number of para-hydroxylation sites is 1. The van der Waals surface area contributed by atoms with E-state index >= 15 is 0 Å². The summed E-state index contributed by atoms with van der Waals surface area (Å²) in [6.07, 6.45) is -0.602. The number of anilines is 1. The smallest absolute Gasteiger partial charge is 0.254 e. The number of hydrogen-bond acceptors (Lipinski definition) is 3. The Morgan fingerprint density at radius 3 is 2.59 bits per heavy atom. The van der Waals surface area contributed by atoms with Gasteiger partial charge in [0, 0.05) is 19.3 Å². The molecule has 1 atom stereocenters. The Labute approximate surface area is 102 Å². The van der Waals surface area contributed by atoms with Gasteiger partial charge in [0.2, 0.25) is 0 Å². The summed E-state index contributed by atoms with van der Waals surface area (Å²) in [5, 5.41) is 2.85. The van der Waals surface area contributed by atoms with Crippen molar-refractivity contribution in [3.63, 3.8) is 0 Å². The second-order valence-corrected chi connectivity index (χ2v) is 4.19. The second-order valence-electron chi connectivity index (χ2n) is 4.19. The van der Waals surface area contributed by atoms with Crippen LogP contribution in [-0.2, 0) is 9.53 Å². The third kappa shape index (κ3) is 3.54. The van der Waals surface area contributed by atoms with E-state index in [0.29, 0.717) is 5.92 Å². The highest BCUT2D eigenvalue weighted by Crippen LogP contribution is 2.23. The average molecular weight is 236 g/mol. The first-order chi connectivity index (χ1) is 8.10. The predicted octanol–water partition coefficient (Wildman–Crippen LogP) is 1.72. The molecule has 0 bridgehead atoms. The lowest BCUT2D eigenvalue weighted by molar-refractivity contribution is -0.125. The van der Waals surface area contributed by atoms with Crippen LogP contribution in [0.2, 0.25) is 0 Å². The van der Waals surface area contributed by atoms with Crippen molar-refractivity contribution in [3.05, 3.63) is 29.8 Å². The van der Waals surface area contributed by atoms with Crippen LogP contribution >= 0.6 is 0 Å². The van der Waals surface area contributed by atoms with Gasteiger partial charge in [0.15, 0.2) is 0 Å². The number of methoxy groups -OCH3 is 1. The minimum atomic E-state index is -0.602. The molecule has 94 valence electrons. The van der Waals surface area contributed by atoms with Crippen LogP contribution in [0, 0.1) is 0 Å². The molecule has 1 unspecified atom stereocenters. The number of amides is 1. The molecule has 0 spiro atoms. The molecule has 1 rings (SSSR count). The molecule has 0 aromatic heterocycles. The Morgan fingerprint density at radius 1 is 1.41 bits per heavy atom. The van der Waals surface area contributed by atoms with E-state index in [0.717, 1.165) is 11.3 Å². The molecule has 0 saturated heterocycles. The normalized spacial score (nSPS) is 12.5. The fourth-order valence-electron chi connectivity index (χ4n) is 1.64. The van der Waals surface area contributed by atoms with Gasteiger partial charge in [0.05, 0.1) is 0 Å². The van der Waals surface area contributed by atoms with Crippen LogP contribution < -0.4 is 11.1 Å². The molecule has 0 aliphatic heterocycles. The van der Waals surface area contributed by atoms with Gasteiger partial charge < -0.3 is 15.8 Å². The van der Waals surface area contributed by atoms with Gasteiger partial charge in [-0.2, -0.15) is 0 Å². The van der Waals surface area contributed by atoms with E-state index in [1.807, 2.05) is 24.3 Å². The number of hydrogen-bond donors (Lipinski definition) is 2. The zero-order valence-electron chi connectivity index (χ0n) is 10.6. The third-order valence-corrected chi connectivity index (χ3v) is 2.63. The molecule has 17 heavy (non-hydrogen) atoms. The topological polar surface area (TPSA) is 64.3 Å². The Kier molecular flexibility index (Phi) is 5.12. The van der Waals surface area contributed by atoms with E-state index < -0.39 is 6.10 Å². The highest BCUT2D eigenvalue weighted by molar-refractivity contribution is 5.95. The van der Waals surface area contributed by atoms with E-state index in [-0.39, 0.29) is 12.5 Å². The maximum Gasteiger partial charge on any atom is 0.254 e. The van der Waals surface area contributed by atoms with E-state index in [9.17, 15) is 4.79 Å². The molecule has 0 heterocycles. The number of benzene rings is 1. The van der Waals surface area contributed by atoms with Gasteiger partial charge in [-0.25, -0.2) is 0 Å². The predicted molar refractivity (Wildman–Crippen MR) is 69.0 cm³/mol. The minimum Gasteiger partial charge on any atom is -0.370 e. The van der Waals surface area contributed by atoms with Crippen molar-refractivity contribution in [1.29, 1.82) is 0 Å². The molecule has 1 aromatic carbocycles. The van der Waals surface area contributed by atoms with E-state index in [4.69, 9.17) is 10.5 Å².